The number of ether oxygens (including phenoxy) is 2. The summed E-state index contributed by atoms with van der Waals surface area (Å²) in [5, 5.41) is 22.3. The van der Waals surface area contributed by atoms with E-state index >= 15 is 0 Å². The number of rotatable bonds is 11. The molecule has 0 aliphatic carbocycles. The highest BCUT2D eigenvalue weighted by Gasteiger charge is 2.34. The molecule has 5 heterocycles. The molecule has 3 aliphatic heterocycles. The van der Waals surface area contributed by atoms with Crippen LogP contribution in [0.4, 0.5) is 0 Å². The van der Waals surface area contributed by atoms with E-state index in [1.54, 1.807) is 14.2 Å². The molecule has 2 aromatic heterocycles. The number of nitrogens with one attached hydrogen (secondary N) is 1. The number of aryl methyl sites for hydroxylation is 2. The number of carbonyl (C=O) groups excluding carboxylic acids is 2. The van der Waals surface area contributed by atoms with E-state index in [1.807, 2.05) is 125 Å². The van der Waals surface area contributed by atoms with E-state index in [2.05, 4.69) is 37.8 Å². The average Bonchev–Trinajstić information content (AvgIpc) is 3.87. The number of benzene rings is 5. The van der Waals surface area contributed by atoms with Crippen LogP contribution in [0.15, 0.2) is 119 Å². The Morgan fingerprint density at radius 2 is 1.16 bits per heavy atom. The third-order valence-electron chi connectivity index (χ3n) is 13.0. The van der Waals surface area contributed by atoms with Gasteiger partial charge >= 0.3 is 0 Å². The van der Waals surface area contributed by atoms with Crippen molar-refractivity contribution in [1.82, 2.24) is 39.7 Å². The molecule has 1 saturated heterocycles. The molecule has 16 heteroatoms. The van der Waals surface area contributed by atoms with Gasteiger partial charge in [-0.2, -0.15) is 0 Å². The smallest absolute Gasteiger partial charge is 0.225 e. The lowest BCUT2D eigenvalue weighted by Crippen LogP contribution is -2.38. The zero-order valence-electron chi connectivity index (χ0n) is 38.0. The molecular formula is C52H48Cl2N10O4. The zero-order valence-corrected chi connectivity index (χ0v) is 39.5. The van der Waals surface area contributed by atoms with Crippen LogP contribution < -0.4 is 14.8 Å². The molecule has 68 heavy (non-hydrogen) atoms. The van der Waals surface area contributed by atoms with Crippen molar-refractivity contribution in [1.29, 1.82) is 0 Å². The van der Waals surface area contributed by atoms with E-state index in [9.17, 15) is 9.59 Å². The van der Waals surface area contributed by atoms with Crippen molar-refractivity contribution in [2.45, 2.75) is 64.1 Å². The van der Waals surface area contributed by atoms with Crippen molar-refractivity contribution < 1.29 is 19.1 Å². The first-order chi connectivity index (χ1) is 33.0. The minimum Gasteiger partial charge on any atom is -0.497 e. The van der Waals surface area contributed by atoms with Crippen molar-refractivity contribution in [2.75, 3.05) is 27.3 Å². The number of aliphatic imine (C=N–C) groups is 2. The number of amides is 2. The van der Waals surface area contributed by atoms with E-state index < -0.39 is 12.1 Å². The Morgan fingerprint density at radius 3 is 1.68 bits per heavy atom. The summed E-state index contributed by atoms with van der Waals surface area (Å²) in [7, 11) is 3.27. The molecule has 0 spiro atoms. The second-order valence-corrected chi connectivity index (χ2v) is 18.1. The molecule has 2 amide bonds. The Morgan fingerprint density at radius 1 is 0.647 bits per heavy atom. The SMILES string of the molecule is COc1ccc2c(c1)C(c1ccc(Cl)cc1)=NC(CC(=O)NCc1cccc(C3CCN(C(=O)CC4N=C(c5ccc(Cl)cc5)c5cc(OC)ccc5-n5c(C)nnc54)CC3)c1)c1nnc(C)n1-2. The van der Waals surface area contributed by atoms with Gasteiger partial charge in [0, 0.05) is 51.9 Å². The second kappa shape index (κ2) is 18.8. The van der Waals surface area contributed by atoms with Gasteiger partial charge < -0.3 is 19.7 Å². The van der Waals surface area contributed by atoms with Crippen LogP contribution >= 0.6 is 23.2 Å². The third-order valence-corrected chi connectivity index (χ3v) is 13.5. The molecule has 2 atom stereocenters. The first-order valence-corrected chi connectivity index (χ1v) is 23.3. The summed E-state index contributed by atoms with van der Waals surface area (Å²) in [5.74, 6) is 4.02. The Bertz CT molecular complexity index is 3120. The maximum absolute atomic E-state index is 14.2. The number of halogens is 2. The van der Waals surface area contributed by atoms with Crippen LogP contribution in [-0.2, 0) is 16.1 Å². The summed E-state index contributed by atoms with van der Waals surface area (Å²) < 4.78 is 15.2. The van der Waals surface area contributed by atoms with Gasteiger partial charge in [0.15, 0.2) is 11.6 Å². The summed E-state index contributed by atoms with van der Waals surface area (Å²) in [4.78, 5) is 40.5. The number of likely N-dealkylation sites (tertiary alicyclic amines) is 1. The van der Waals surface area contributed by atoms with Gasteiger partial charge in [-0.3, -0.25) is 28.7 Å². The van der Waals surface area contributed by atoms with Crippen LogP contribution in [0.25, 0.3) is 11.4 Å². The molecule has 7 aromatic rings. The summed E-state index contributed by atoms with van der Waals surface area (Å²) in [6, 6.07) is 33.9. The second-order valence-electron chi connectivity index (χ2n) is 17.2. The van der Waals surface area contributed by atoms with Crippen molar-refractivity contribution in [3.05, 3.63) is 176 Å². The molecule has 14 nitrogen and oxygen atoms in total. The number of fused-ring (bicyclic) bond motifs is 6. The lowest BCUT2D eigenvalue weighted by Gasteiger charge is -2.33. The van der Waals surface area contributed by atoms with Gasteiger partial charge in [-0.05, 0) is 104 Å². The molecule has 1 N–H and O–H groups in total. The van der Waals surface area contributed by atoms with Gasteiger partial charge in [0.2, 0.25) is 11.8 Å². The lowest BCUT2D eigenvalue weighted by atomic mass is 9.88. The van der Waals surface area contributed by atoms with Crippen molar-refractivity contribution in [2.24, 2.45) is 9.98 Å². The van der Waals surface area contributed by atoms with Crippen molar-refractivity contribution >= 4 is 46.4 Å². The molecule has 344 valence electrons. The van der Waals surface area contributed by atoms with Gasteiger partial charge in [-0.1, -0.05) is 71.7 Å². The molecule has 1 fully saturated rings. The summed E-state index contributed by atoms with van der Waals surface area (Å²) >= 11 is 12.6. The predicted molar refractivity (Wildman–Crippen MR) is 261 cm³/mol. The number of piperidine rings is 1. The van der Waals surface area contributed by atoms with E-state index in [-0.39, 0.29) is 30.6 Å². The maximum atomic E-state index is 14.2. The Labute approximate surface area is 403 Å². The van der Waals surface area contributed by atoms with E-state index in [4.69, 9.17) is 42.7 Å². The predicted octanol–water partition coefficient (Wildman–Crippen LogP) is 9.08. The third kappa shape index (κ3) is 8.77. The highest BCUT2D eigenvalue weighted by atomic mass is 35.5. The van der Waals surface area contributed by atoms with Crippen LogP contribution in [0, 0.1) is 13.8 Å². The number of carbonyl (C=O) groups is 2. The molecule has 0 bridgehead atoms. The van der Waals surface area contributed by atoms with Crippen LogP contribution in [0.1, 0.15) is 100 Å². The lowest BCUT2D eigenvalue weighted by molar-refractivity contribution is -0.132. The van der Waals surface area contributed by atoms with Crippen molar-refractivity contribution in [3.63, 3.8) is 0 Å². The number of nitrogens with zero attached hydrogens (tertiary/aromatic N) is 9. The number of methoxy groups -OCH3 is 2. The topological polar surface area (TPSA) is 154 Å². The zero-order chi connectivity index (χ0) is 47.1. The fraction of sp³-hybridized carbons (Fsp3) is 0.269. The Hall–Kier alpha value is -7.16. The normalized spacial score (nSPS) is 16.5. The van der Waals surface area contributed by atoms with E-state index in [0.717, 1.165) is 57.7 Å². The molecule has 0 radical (unpaired) electrons. The quantitative estimate of drug-likeness (QED) is 0.135. The first kappa shape index (κ1) is 44.7. The van der Waals surface area contributed by atoms with E-state index in [1.165, 1.54) is 5.56 Å². The maximum Gasteiger partial charge on any atom is 0.225 e. The Kier molecular flexibility index (Phi) is 12.4. The molecule has 2 unspecified atom stereocenters. The van der Waals surface area contributed by atoms with Gasteiger partial charge in [-0.25, -0.2) is 0 Å². The first-order valence-electron chi connectivity index (χ1n) is 22.6. The fourth-order valence-electron chi connectivity index (χ4n) is 9.52. The summed E-state index contributed by atoms with van der Waals surface area (Å²) in [6.07, 6.45) is 1.79. The van der Waals surface area contributed by atoms with Crippen LogP contribution in [0.2, 0.25) is 10.0 Å². The monoisotopic (exact) mass is 946 g/mol. The number of hydrogen-bond acceptors (Lipinski definition) is 10. The molecular weight excluding hydrogens is 900 g/mol. The van der Waals surface area contributed by atoms with Gasteiger partial charge in [0.25, 0.3) is 0 Å². The van der Waals surface area contributed by atoms with Crippen LogP contribution in [0.3, 0.4) is 0 Å². The molecule has 5 aromatic carbocycles. The highest BCUT2D eigenvalue weighted by Crippen LogP contribution is 2.38. The van der Waals surface area contributed by atoms with Gasteiger partial charge in [-0.15, -0.1) is 20.4 Å². The summed E-state index contributed by atoms with van der Waals surface area (Å²) in [6.45, 7) is 5.35. The van der Waals surface area contributed by atoms with Crippen LogP contribution in [-0.4, -0.2) is 85.0 Å². The standard InChI is InChI=1S/C52H48Cl2N10O4/c1-30-58-60-51-43(56-49(34-8-12-37(53)13-9-34)41-25-39(67-3)16-18-45(41)63(30)51)27-47(65)55-29-32-6-5-7-36(24-32)33-20-22-62(23-21-33)48(66)28-44-52-61-59-31(2)64(52)46-19-17-40(68-4)26-42(46)50(57-44)35-10-14-38(54)15-11-35/h5-19,24-26,33,43-44H,20-23,27-29H2,1-4H3,(H,55,65). The molecule has 10 rings (SSSR count). The minimum atomic E-state index is -0.623. The number of aromatic nitrogens is 6. The molecule has 3 aliphatic rings. The van der Waals surface area contributed by atoms with E-state index in [0.29, 0.717) is 70.2 Å². The largest absolute Gasteiger partial charge is 0.497 e. The molecule has 0 saturated carbocycles. The van der Waals surface area contributed by atoms with Crippen LogP contribution in [0.5, 0.6) is 11.5 Å². The summed E-state index contributed by atoms with van der Waals surface area (Å²) in [5.41, 5.74) is 8.69. The fourth-order valence-corrected chi connectivity index (χ4v) is 9.77. The highest BCUT2D eigenvalue weighted by molar-refractivity contribution is 6.31. The van der Waals surface area contributed by atoms with Crippen molar-refractivity contribution in [3.8, 4) is 22.9 Å². The average molecular weight is 948 g/mol. The van der Waals surface area contributed by atoms with Gasteiger partial charge in [0.1, 0.15) is 35.2 Å². The van der Waals surface area contributed by atoms with Gasteiger partial charge in [0.05, 0.1) is 49.9 Å². The number of hydrogen-bond donors (Lipinski definition) is 1. The minimum absolute atomic E-state index is 0.00941. The Balaban J connectivity index is 0.817.